The van der Waals surface area contributed by atoms with Crippen LogP contribution in [-0.4, -0.2) is 88.3 Å². The average Bonchev–Trinajstić information content (AvgIpc) is 3.67. The summed E-state index contributed by atoms with van der Waals surface area (Å²) in [5.41, 5.74) is 1.39. The van der Waals surface area contributed by atoms with Gasteiger partial charge in [-0.15, -0.1) is 5.10 Å². The minimum Gasteiger partial charge on any atom is -0.453 e. The van der Waals surface area contributed by atoms with Gasteiger partial charge in [-0.1, -0.05) is 32.6 Å². The summed E-state index contributed by atoms with van der Waals surface area (Å²) in [6.07, 6.45) is -0.0785. The van der Waals surface area contributed by atoms with Crippen molar-refractivity contribution in [1.82, 2.24) is 10.2 Å². The lowest BCUT2D eigenvalue weighted by molar-refractivity contribution is -0.458. The predicted octanol–water partition coefficient (Wildman–Crippen LogP) is 5.42. The van der Waals surface area contributed by atoms with Gasteiger partial charge < -0.3 is 37.6 Å². The van der Waals surface area contributed by atoms with Crippen molar-refractivity contribution < 1.29 is 42.0 Å². The molecule has 0 aliphatic carbocycles. The number of nitrogens with zero attached hydrogens (tertiary/aromatic N) is 4. The van der Waals surface area contributed by atoms with Crippen molar-refractivity contribution in [2.24, 2.45) is 5.10 Å². The normalized spacial score (nSPS) is 27.6. The zero-order chi connectivity index (χ0) is 32.9. The number of hydrazone groups is 1. The fraction of sp³-hybridized carbons (Fsp3) is 0.645. The Bertz CT molecular complexity index is 1630. The Kier molecular flexibility index (Phi) is 7.58. The maximum atomic E-state index is 13.7. The second kappa shape index (κ2) is 10.8. The first-order valence-corrected chi connectivity index (χ1v) is 17.6. The summed E-state index contributed by atoms with van der Waals surface area (Å²) in [5, 5.41) is 13.2. The number of rotatable bonds is 7. The molecule has 0 saturated carbocycles. The van der Waals surface area contributed by atoms with Crippen LogP contribution in [-0.2, 0) is 49.5 Å². The maximum absolute atomic E-state index is 13.7. The number of hydrogen-bond acceptors (Lipinski definition) is 11. The fourth-order valence-electron chi connectivity index (χ4n) is 6.62. The molecule has 5 aliphatic heterocycles. The first kappa shape index (κ1) is 32.2. The number of anilines is 1. The first-order valence-electron chi connectivity index (χ1n) is 15.5. The lowest BCUT2D eigenvalue weighted by Gasteiger charge is -2.47. The van der Waals surface area contributed by atoms with Crippen molar-refractivity contribution in [1.29, 1.82) is 0 Å². The van der Waals surface area contributed by atoms with E-state index in [-0.39, 0.29) is 18.6 Å². The molecule has 0 bridgehead atoms. The van der Waals surface area contributed by atoms with Gasteiger partial charge in [0.2, 0.25) is 0 Å². The molecule has 0 radical (unpaired) electrons. The van der Waals surface area contributed by atoms with Crippen LogP contribution in [0.2, 0.25) is 5.02 Å². The van der Waals surface area contributed by atoms with Crippen LogP contribution in [0.3, 0.4) is 0 Å². The first-order chi connectivity index (χ1) is 21.4. The monoisotopic (exact) mass is 678 g/mol. The summed E-state index contributed by atoms with van der Waals surface area (Å²) in [7, 11) is -3.61. The van der Waals surface area contributed by atoms with E-state index >= 15 is 0 Å². The molecule has 3 saturated heterocycles. The van der Waals surface area contributed by atoms with Crippen molar-refractivity contribution in [2.45, 2.75) is 103 Å². The highest BCUT2D eigenvalue weighted by Crippen LogP contribution is 2.54. The highest BCUT2D eigenvalue weighted by molar-refractivity contribution is 7.53. The van der Waals surface area contributed by atoms with E-state index in [0.29, 0.717) is 36.4 Å². The van der Waals surface area contributed by atoms with Gasteiger partial charge in [0, 0.05) is 5.02 Å². The summed E-state index contributed by atoms with van der Waals surface area (Å²) in [6, 6.07) is 5.95. The topological polar surface area (TPSA) is 129 Å². The largest absolute Gasteiger partial charge is 0.453 e. The Hall–Kier alpha value is -2.35. The lowest BCUT2D eigenvalue weighted by atomic mass is 9.85. The van der Waals surface area contributed by atoms with Gasteiger partial charge in [-0.3, -0.25) is 4.57 Å². The number of fused-ring (bicyclic) bond motifs is 4. The number of ether oxygens (including phenoxy) is 5. The van der Waals surface area contributed by atoms with Crippen LogP contribution in [0.1, 0.15) is 72.1 Å². The van der Waals surface area contributed by atoms with E-state index < -0.39 is 42.9 Å². The number of nitrogens with one attached hydrogen (secondary N) is 1. The number of aromatic nitrogens is 2. The molecule has 0 unspecified atom stereocenters. The minimum atomic E-state index is -3.61. The standard InChI is InChI=1S/C31H42ClN5O8P/c1-28(2,3)44-46(38,45-29(4,5)6)17-39-14-22-23-24(43-30(7,8)42-23)27(41-22)37-26-20(12-33-37)25(34-35-26)36-15-31(16-36)21-10-9-19(32)11-18(21)13-40-31/h9-12,22-24H,13-17H2,1-8H3,(H,34,35)/q+1/b37-27-/t22-,23-,24-/m1/s1. The Morgan fingerprint density at radius 1 is 1.13 bits per heavy atom. The maximum Gasteiger partial charge on any atom is 0.357 e. The molecule has 15 heteroatoms. The van der Waals surface area contributed by atoms with Gasteiger partial charge >= 0.3 is 19.3 Å². The van der Waals surface area contributed by atoms with Gasteiger partial charge in [0.05, 0.1) is 43.7 Å². The fourth-order valence-corrected chi connectivity index (χ4v) is 8.96. The second-order valence-electron chi connectivity index (χ2n) is 14.8. The predicted molar refractivity (Wildman–Crippen MR) is 170 cm³/mol. The third kappa shape index (κ3) is 5.94. The van der Waals surface area contributed by atoms with E-state index in [1.165, 1.54) is 5.56 Å². The van der Waals surface area contributed by atoms with E-state index in [9.17, 15) is 4.57 Å². The van der Waals surface area contributed by atoms with Gasteiger partial charge in [0.25, 0.3) is 0 Å². The second-order valence-corrected chi connectivity index (χ2v) is 17.1. The molecule has 1 aromatic heterocycles. The highest BCUT2D eigenvalue weighted by atomic mass is 35.5. The van der Waals surface area contributed by atoms with Crippen LogP contribution in [0.4, 0.5) is 11.6 Å². The Morgan fingerprint density at radius 3 is 2.54 bits per heavy atom. The molecular weight excluding hydrogens is 637 g/mol. The molecule has 13 nitrogen and oxygen atoms in total. The Balaban J connectivity index is 1.08. The highest BCUT2D eigenvalue weighted by Gasteiger charge is 2.58. The Labute approximate surface area is 273 Å². The minimum absolute atomic E-state index is 0.0658. The molecule has 3 fully saturated rings. The average molecular weight is 679 g/mol. The molecule has 5 aliphatic rings. The molecule has 1 N–H and O–H groups in total. The van der Waals surface area contributed by atoms with E-state index in [1.807, 2.05) is 67.5 Å². The number of aromatic amines is 1. The van der Waals surface area contributed by atoms with Crippen molar-refractivity contribution >= 4 is 42.9 Å². The molecule has 3 atom stereocenters. The van der Waals surface area contributed by atoms with Crippen LogP contribution < -0.4 is 4.90 Å². The molecule has 2 aromatic rings. The van der Waals surface area contributed by atoms with Crippen LogP contribution in [0.15, 0.2) is 23.3 Å². The van der Waals surface area contributed by atoms with Gasteiger partial charge in [-0.25, -0.2) is 0 Å². The van der Waals surface area contributed by atoms with Crippen LogP contribution >= 0.6 is 19.2 Å². The van der Waals surface area contributed by atoms with Crippen molar-refractivity contribution in [3.8, 4) is 0 Å². The quantitative estimate of drug-likeness (QED) is 0.300. The Morgan fingerprint density at radius 2 is 1.85 bits per heavy atom. The number of halogens is 1. The molecule has 250 valence electrons. The molecular formula is C31H42ClN5O8P+. The van der Waals surface area contributed by atoms with Crippen molar-refractivity contribution in [3.05, 3.63) is 39.9 Å². The summed E-state index contributed by atoms with van der Waals surface area (Å²) < 4.78 is 58.2. The van der Waals surface area contributed by atoms with E-state index in [1.54, 1.807) is 10.9 Å². The molecule has 0 amide bonds. The number of benzene rings is 1. The SMILES string of the molecule is CC(C)(C)OP(=O)(COC[C@H]1O/C(=[N+]2\N=Cc3c(N4CC5(C4)OCc4cc(Cl)ccc45)n[nH]c32)[C@@H]2OC(C)(C)O[C@H]12)OC(C)(C)C. The van der Waals surface area contributed by atoms with Gasteiger partial charge in [-0.05, 0) is 78.6 Å². The number of hydrogen-bond donors (Lipinski definition) is 1. The lowest BCUT2D eigenvalue weighted by Crippen LogP contribution is -2.59. The van der Waals surface area contributed by atoms with Gasteiger partial charge in [0.1, 0.15) is 23.6 Å². The molecule has 1 spiro atoms. The van der Waals surface area contributed by atoms with Crippen molar-refractivity contribution in [2.75, 3.05) is 30.9 Å². The molecule has 1 aromatic carbocycles. The third-order valence-corrected chi connectivity index (χ3v) is 10.5. The summed E-state index contributed by atoms with van der Waals surface area (Å²) >= 11 is 6.21. The van der Waals surface area contributed by atoms with Gasteiger partial charge in [-0.2, -0.15) is 0 Å². The smallest absolute Gasteiger partial charge is 0.357 e. The van der Waals surface area contributed by atoms with Crippen LogP contribution in [0, 0.1) is 0 Å². The summed E-state index contributed by atoms with van der Waals surface area (Å²) in [6.45, 7) is 16.6. The van der Waals surface area contributed by atoms with Crippen molar-refractivity contribution in [3.63, 3.8) is 0 Å². The molecule has 7 rings (SSSR count). The zero-order valence-corrected chi connectivity index (χ0v) is 29.1. The van der Waals surface area contributed by atoms with Crippen LogP contribution in [0.25, 0.3) is 0 Å². The third-order valence-electron chi connectivity index (χ3n) is 8.11. The zero-order valence-electron chi connectivity index (χ0n) is 27.5. The summed E-state index contributed by atoms with van der Waals surface area (Å²) in [4.78, 5) is 2.17. The van der Waals surface area contributed by atoms with E-state index in [4.69, 9.17) is 44.3 Å². The van der Waals surface area contributed by atoms with E-state index in [2.05, 4.69) is 26.3 Å². The molecule has 46 heavy (non-hydrogen) atoms. The van der Waals surface area contributed by atoms with Gasteiger partial charge in [0.15, 0.2) is 23.8 Å². The number of H-pyrrole nitrogens is 1. The molecule has 6 heterocycles. The van der Waals surface area contributed by atoms with E-state index in [0.717, 1.165) is 16.9 Å². The van der Waals surface area contributed by atoms with Crippen LogP contribution in [0.5, 0.6) is 0 Å². The summed E-state index contributed by atoms with van der Waals surface area (Å²) in [5.74, 6) is 1.05.